The Hall–Kier alpha value is -4.04. The van der Waals surface area contributed by atoms with Crippen molar-refractivity contribution in [2.24, 2.45) is 0 Å². The van der Waals surface area contributed by atoms with E-state index in [0.717, 1.165) is 62.3 Å². The van der Waals surface area contributed by atoms with Crippen LogP contribution in [0.3, 0.4) is 0 Å². The molecule has 0 aliphatic carbocycles. The third-order valence-corrected chi connectivity index (χ3v) is 9.79. The number of amides is 4. The summed E-state index contributed by atoms with van der Waals surface area (Å²) in [5, 5.41) is 52.4. The largest absolute Gasteiger partial charge is 0.438 e. The summed E-state index contributed by atoms with van der Waals surface area (Å²) in [6.07, 6.45) is -8.80. The zero-order chi connectivity index (χ0) is 41.5. The molecule has 0 spiro atoms. The van der Waals surface area contributed by atoms with Crippen molar-refractivity contribution in [2.45, 2.75) is 133 Å². The lowest BCUT2D eigenvalue weighted by Gasteiger charge is -2.47. The highest BCUT2D eigenvalue weighted by atomic mass is 19.4. The van der Waals surface area contributed by atoms with Crippen molar-refractivity contribution in [3.05, 3.63) is 59.7 Å². The molecule has 2 heterocycles. The van der Waals surface area contributed by atoms with Crippen LogP contribution in [0.1, 0.15) is 75.8 Å². The van der Waals surface area contributed by atoms with Gasteiger partial charge in [-0.15, -0.1) is 0 Å². The van der Waals surface area contributed by atoms with Crippen molar-refractivity contribution in [1.29, 1.82) is 0 Å². The SMILES string of the molecule is CCCCCCCCCCC(=O)N[C@H]1C(CO)OCC(NC(=O)Nc2cccc(C(F)(F)F)c2)[C@H]1O[C@@H]1OC(CO)[C@H](O)[C@H](O)C1OC(=O)Nc1cccc(C)c1. The van der Waals surface area contributed by atoms with E-state index in [-0.39, 0.29) is 18.7 Å². The maximum Gasteiger partial charge on any atom is 0.416 e. The molecule has 2 saturated heterocycles. The van der Waals surface area contributed by atoms with E-state index in [1.54, 1.807) is 31.2 Å². The second kappa shape index (κ2) is 22.2. The molecule has 57 heavy (non-hydrogen) atoms. The Morgan fingerprint density at radius 1 is 0.825 bits per heavy atom. The van der Waals surface area contributed by atoms with E-state index in [9.17, 15) is 48.0 Å². The third-order valence-electron chi connectivity index (χ3n) is 9.79. The Balaban J connectivity index is 1.58. The first-order valence-corrected chi connectivity index (χ1v) is 19.3. The van der Waals surface area contributed by atoms with E-state index in [1.807, 2.05) is 0 Å². The highest BCUT2D eigenvalue weighted by Crippen LogP contribution is 2.32. The summed E-state index contributed by atoms with van der Waals surface area (Å²) in [6.45, 7) is 2.16. The molecule has 0 radical (unpaired) electrons. The van der Waals surface area contributed by atoms with Gasteiger partial charge in [-0.3, -0.25) is 10.1 Å². The van der Waals surface area contributed by atoms with Gasteiger partial charge in [-0.25, -0.2) is 9.59 Å². The molecule has 0 bridgehead atoms. The number of carbonyl (C=O) groups is 3. The van der Waals surface area contributed by atoms with Gasteiger partial charge in [-0.1, -0.05) is 70.1 Å². The number of aliphatic hydroxyl groups is 4. The van der Waals surface area contributed by atoms with Crippen LogP contribution in [0, 0.1) is 6.92 Å². The molecule has 4 unspecified atom stereocenters. The van der Waals surface area contributed by atoms with Crippen LogP contribution < -0.4 is 21.3 Å². The predicted molar refractivity (Wildman–Crippen MR) is 201 cm³/mol. The number of unbranched alkanes of at least 4 members (excludes halogenated alkanes) is 7. The van der Waals surface area contributed by atoms with Crippen LogP contribution in [0.4, 0.5) is 34.1 Å². The number of hydrogen-bond acceptors (Lipinski definition) is 11. The van der Waals surface area contributed by atoms with Crippen molar-refractivity contribution < 1.29 is 66.9 Å². The lowest BCUT2D eigenvalue weighted by atomic mass is 9.94. The van der Waals surface area contributed by atoms with Gasteiger partial charge in [0.05, 0.1) is 37.5 Å². The standard InChI is InChI=1S/C39H55F3N4O11/c1-3-4-5-6-7-8-9-10-17-30(49)46-31-28(20-47)54-22-27(45-37(52)43-26-16-12-14-24(19-26)39(40,41)42)34(31)56-36-35(33(51)32(50)29(21-48)55-36)57-38(53)44-25-15-11-13-23(2)18-25/h11-16,18-19,27-29,31-36,47-48,50-51H,3-10,17,20-22H2,1-2H3,(H,44,53)(H,46,49)(H2,43,45,52)/t27?,28?,29?,31-,32-,33-,34+,35?,36-/m0/s1. The minimum atomic E-state index is -4.68. The summed E-state index contributed by atoms with van der Waals surface area (Å²) in [7, 11) is 0. The average Bonchev–Trinajstić information content (AvgIpc) is 3.16. The van der Waals surface area contributed by atoms with Gasteiger partial charge >= 0.3 is 18.3 Å². The third kappa shape index (κ3) is 13.8. The number of hydrogen-bond donors (Lipinski definition) is 8. The Morgan fingerprint density at radius 2 is 1.47 bits per heavy atom. The average molecular weight is 813 g/mol. The van der Waals surface area contributed by atoms with Crippen molar-refractivity contribution in [3.63, 3.8) is 0 Å². The topological polar surface area (TPSA) is 217 Å². The summed E-state index contributed by atoms with van der Waals surface area (Å²) in [5.41, 5.74) is -0.0198. The van der Waals surface area contributed by atoms with Gasteiger partial charge in [0, 0.05) is 17.8 Å². The van der Waals surface area contributed by atoms with E-state index in [0.29, 0.717) is 12.1 Å². The number of aliphatic hydroxyl groups excluding tert-OH is 4. The molecule has 2 aromatic carbocycles. The van der Waals surface area contributed by atoms with E-state index < -0.39 is 98.0 Å². The number of urea groups is 1. The molecule has 0 saturated carbocycles. The molecule has 4 rings (SSSR count). The number of anilines is 2. The van der Waals surface area contributed by atoms with Crippen molar-refractivity contribution in [2.75, 3.05) is 30.5 Å². The molecule has 2 aliphatic rings. The minimum Gasteiger partial charge on any atom is -0.438 e. The number of alkyl halides is 3. The van der Waals surface area contributed by atoms with Crippen LogP contribution >= 0.6 is 0 Å². The van der Waals surface area contributed by atoms with Crippen LogP contribution in [-0.2, 0) is 29.9 Å². The molecule has 0 aromatic heterocycles. The predicted octanol–water partition coefficient (Wildman–Crippen LogP) is 4.35. The molecule has 318 valence electrons. The Labute approximate surface area is 329 Å². The van der Waals surface area contributed by atoms with Gasteiger partial charge in [0.1, 0.15) is 30.5 Å². The zero-order valence-electron chi connectivity index (χ0n) is 32.1. The minimum absolute atomic E-state index is 0.104. The second-order valence-corrected chi connectivity index (χ2v) is 14.3. The van der Waals surface area contributed by atoms with Crippen molar-refractivity contribution >= 4 is 29.4 Å². The first kappa shape index (κ1) is 45.7. The van der Waals surface area contributed by atoms with E-state index >= 15 is 0 Å². The maximum absolute atomic E-state index is 13.4. The number of aryl methyl sites for hydroxylation is 1. The van der Waals surface area contributed by atoms with Crippen LogP contribution in [0.15, 0.2) is 48.5 Å². The lowest BCUT2D eigenvalue weighted by Crippen LogP contribution is -2.69. The summed E-state index contributed by atoms with van der Waals surface area (Å²) in [5.74, 6) is -0.436. The molecule has 2 aromatic rings. The molecule has 4 amide bonds. The Morgan fingerprint density at radius 3 is 2.12 bits per heavy atom. The number of carbonyl (C=O) groups excluding carboxylic acids is 3. The smallest absolute Gasteiger partial charge is 0.416 e. The highest BCUT2D eigenvalue weighted by molar-refractivity contribution is 5.89. The fourth-order valence-corrected chi connectivity index (χ4v) is 6.76. The van der Waals surface area contributed by atoms with E-state index in [4.69, 9.17) is 18.9 Å². The monoisotopic (exact) mass is 812 g/mol. The lowest BCUT2D eigenvalue weighted by molar-refractivity contribution is -0.319. The second-order valence-electron chi connectivity index (χ2n) is 14.3. The summed E-state index contributed by atoms with van der Waals surface area (Å²) < 4.78 is 63.6. The first-order chi connectivity index (χ1) is 27.2. The highest BCUT2D eigenvalue weighted by Gasteiger charge is 2.51. The number of halogens is 3. The fourth-order valence-electron chi connectivity index (χ4n) is 6.76. The van der Waals surface area contributed by atoms with Gasteiger partial charge in [0.2, 0.25) is 5.91 Å². The molecular weight excluding hydrogens is 757 g/mol. The van der Waals surface area contributed by atoms with Gasteiger partial charge in [0.15, 0.2) is 12.4 Å². The molecule has 8 N–H and O–H groups in total. The summed E-state index contributed by atoms with van der Waals surface area (Å²) in [6, 6.07) is 7.25. The van der Waals surface area contributed by atoms with Gasteiger partial charge in [-0.2, -0.15) is 13.2 Å². The van der Waals surface area contributed by atoms with E-state index in [1.165, 1.54) is 12.5 Å². The van der Waals surface area contributed by atoms with Gasteiger partial charge in [0.25, 0.3) is 0 Å². The number of benzene rings is 2. The number of ether oxygens (including phenoxy) is 4. The molecule has 15 nitrogen and oxygen atoms in total. The first-order valence-electron chi connectivity index (χ1n) is 19.3. The molecule has 2 aliphatic heterocycles. The summed E-state index contributed by atoms with van der Waals surface area (Å²) >= 11 is 0. The maximum atomic E-state index is 13.4. The van der Waals surface area contributed by atoms with Gasteiger partial charge < -0.3 is 55.3 Å². The number of rotatable bonds is 18. The molecule has 18 heteroatoms. The van der Waals surface area contributed by atoms with Crippen LogP contribution in [0.25, 0.3) is 0 Å². The molecular formula is C39H55F3N4O11. The van der Waals surface area contributed by atoms with Crippen molar-refractivity contribution in [3.8, 4) is 0 Å². The van der Waals surface area contributed by atoms with Gasteiger partial charge in [-0.05, 0) is 49.2 Å². The van der Waals surface area contributed by atoms with Crippen LogP contribution in [-0.4, -0.2) is 113 Å². The Kier molecular flexibility index (Phi) is 17.8. The fraction of sp³-hybridized carbons (Fsp3) is 0.615. The molecule has 9 atom stereocenters. The summed E-state index contributed by atoms with van der Waals surface area (Å²) in [4.78, 5) is 39.7. The van der Waals surface area contributed by atoms with Crippen molar-refractivity contribution in [1.82, 2.24) is 10.6 Å². The quantitative estimate of drug-likeness (QED) is 0.0991. The van der Waals surface area contributed by atoms with Crippen LogP contribution in [0.5, 0.6) is 0 Å². The Bertz CT molecular complexity index is 1590. The normalized spacial score (nSPS) is 26.3. The van der Waals surface area contributed by atoms with Crippen LogP contribution in [0.2, 0.25) is 0 Å². The molecule has 2 fully saturated rings. The van der Waals surface area contributed by atoms with E-state index in [2.05, 4.69) is 28.2 Å². The number of nitrogens with one attached hydrogen (secondary N) is 4. The zero-order valence-corrected chi connectivity index (χ0v) is 32.1.